The minimum absolute atomic E-state index is 0.0423. The molecular weight excluding hydrogens is 496 g/mol. The van der Waals surface area contributed by atoms with Crippen LogP contribution in [-0.4, -0.2) is 21.7 Å². The summed E-state index contributed by atoms with van der Waals surface area (Å²) in [6, 6.07) is 2.88. The SMILES string of the molecule is CC[C@]12CC[C@@H]3c4c(cc(OS(N)(=O)=O)cc4OS(N)(=O)=O)CC[C@H]3[C@@H]1C[C@@H](Br)C2. The molecule has 5 atom stereocenters. The van der Waals surface area contributed by atoms with Gasteiger partial charge in [-0.3, -0.25) is 0 Å². The van der Waals surface area contributed by atoms with E-state index in [-0.39, 0.29) is 17.4 Å². The van der Waals surface area contributed by atoms with Crippen molar-refractivity contribution in [1.29, 1.82) is 0 Å². The largest absolute Gasteiger partial charge is 0.380 e. The molecular formula is C19H27BrN2O6S2. The van der Waals surface area contributed by atoms with Crippen molar-refractivity contribution in [3.63, 3.8) is 0 Å². The second kappa shape index (κ2) is 7.61. The predicted octanol–water partition coefficient (Wildman–Crippen LogP) is 2.86. The highest BCUT2D eigenvalue weighted by Crippen LogP contribution is 2.64. The number of halogens is 1. The van der Waals surface area contributed by atoms with Crippen LogP contribution in [0.5, 0.6) is 11.5 Å². The average molecular weight is 523 g/mol. The molecule has 4 rings (SSSR count). The summed E-state index contributed by atoms with van der Waals surface area (Å²) in [5.41, 5.74) is 1.96. The minimum Gasteiger partial charge on any atom is -0.371 e. The standard InChI is InChI=1S/C19H27BrN2O6S2/c1-2-19-6-5-15-14(16(19)8-12(20)10-19)4-3-11-7-13(27-29(21,23)24)9-17(18(11)15)28-30(22,25)26/h7,9,12,14-16H,2-6,8,10H2,1H3,(H2,21,23,24)(H2,22,25,26)/t12-,14-,15+,16+,19-/m1/s1. The Labute approximate surface area is 186 Å². The van der Waals surface area contributed by atoms with Crippen LogP contribution in [0.1, 0.15) is 62.5 Å². The summed E-state index contributed by atoms with van der Waals surface area (Å²) in [5, 5.41) is 10.1. The van der Waals surface area contributed by atoms with Gasteiger partial charge in [-0.25, -0.2) is 0 Å². The third kappa shape index (κ3) is 4.23. The van der Waals surface area contributed by atoms with E-state index >= 15 is 0 Å². The monoisotopic (exact) mass is 522 g/mol. The molecule has 168 valence electrons. The van der Waals surface area contributed by atoms with Gasteiger partial charge in [0, 0.05) is 16.5 Å². The van der Waals surface area contributed by atoms with E-state index in [0.717, 1.165) is 43.2 Å². The zero-order chi connectivity index (χ0) is 21.9. The summed E-state index contributed by atoms with van der Waals surface area (Å²) in [6.45, 7) is 2.27. The zero-order valence-corrected chi connectivity index (χ0v) is 19.9. The molecule has 0 radical (unpaired) electrons. The topological polar surface area (TPSA) is 139 Å². The third-order valence-electron chi connectivity index (χ3n) is 7.35. The quantitative estimate of drug-likeness (QED) is 0.569. The summed E-state index contributed by atoms with van der Waals surface area (Å²) in [5.74, 6) is 1.08. The van der Waals surface area contributed by atoms with Crippen LogP contribution < -0.4 is 18.6 Å². The molecule has 11 heteroatoms. The maximum Gasteiger partial charge on any atom is 0.380 e. The van der Waals surface area contributed by atoms with Gasteiger partial charge >= 0.3 is 20.6 Å². The predicted molar refractivity (Wildman–Crippen MR) is 116 cm³/mol. The molecule has 1 aromatic rings. The number of aryl methyl sites for hydroxylation is 1. The van der Waals surface area contributed by atoms with Crippen LogP contribution in [0.15, 0.2) is 12.1 Å². The maximum atomic E-state index is 11.7. The van der Waals surface area contributed by atoms with E-state index in [9.17, 15) is 16.8 Å². The van der Waals surface area contributed by atoms with Gasteiger partial charge in [0.05, 0.1) is 0 Å². The molecule has 8 nitrogen and oxygen atoms in total. The Morgan fingerprint density at radius 2 is 1.83 bits per heavy atom. The Kier molecular flexibility index (Phi) is 5.66. The van der Waals surface area contributed by atoms with E-state index in [1.807, 2.05) is 0 Å². The second-order valence-corrected chi connectivity index (χ2v) is 12.5. The Morgan fingerprint density at radius 3 is 2.47 bits per heavy atom. The fourth-order valence-electron chi connectivity index (χ4n) is 6.38. The van der Waals surface area contributed by atoms with Gasteiger partial charge in [0.25, 0.3) is 0 Å². The van der Waals surface area contributed by atoms with Gasteiger partial charge < -0.3 is 8.37 Å². The van der Waals surface area contributed by atoms with Crippen molar-refractivity contribution < 1.29 is 25.2 Å². The van der Waals surface area contributed by atoms with Crippen LogP contribution >= 0.6 is 15.9 Å². The van der Waals surface area contributed by atoms with Crippen LogP contribution in [0.25, 0.3) is 0 Å². The van der Waals surface area contributed by atoms with E-state index in [1.165, 1.54) is 12.5 Å². The molecule has 2 saturated carbocycles. The van der Waals surface area contributed by atoms with Crippen molar-refractivity contribution in [3.8, 4) is 11.5 Å². The smallest absolute Gasteiger partial charge is 0.371 e. The third-order valence-corrected chi connectivity index (χ3v) is 8.89. The van der Waals surface area contributed by atoms with Crippen LogP contribution in [0.4, 0.5) is 0 Å². The van der Waals surface area contributed by atoms with Gasteiger partial charge in [-0.1, -0.05) is 29.3 Å². The number of hydrogen-bond donors (Lipinski definition) is 2. The van der Waals surface area contributed by atoms with Crippen LogP contribution in [0, 0.1) is 17.3 Å². The molecule has 0 amide bonds. The fourth-order valence-corrected chi connectivity index (χ4v) is 8.18. The summed E-state index contributed by atoms with van der Waals surface area (Å²) < 4.78 is 56.1. The van der Waals surface area contributed by atoms with Gasteiger partial charge in [0.1, 0.15) is 5.75 Å². The van der Waals surface area contributed by atoms with Crippen molar-refractivity contribution in [3.05, 3.63) is 23.3 Å². The fraction of sp³-hybridized carbons (Fsp3) is 0.684. The van der Waals surface area contributed by atoms with E-state index in [4.69, 9.17) is 18.6 Å². The number of hydrogen-bond acceptors (Lipinski definition) is 6. The Bertz CT molecular complexity index is 1060. The van der Waals surface area contributed by atoms with Crippen molar-refractivity contribution in [2.24, 2.45) is 27.5 Å². The normalized spacial score (nSPS) is 33.3. The van der Waals surface area contributed by atoms with Crippen molar-refractivity contribution in [1.82, 2.24) is 0 Å². The van der Waals surface area contributed by atoms with E-state index in [2.05, 4.69) is 22.9 Å². The van der Waals surface area contributed by atoms with Gasteiger partial charge in [-0.15, -0.1) is 0 Å². The molecule has 0 aliphatic heterocycles. The lowest BCUT2D eigenvalue weighted by molar-refractivity contribution is 0.0404. The van der Waals surface area contributed by atoms with E-state index in [0.29, 0.717) is 28.5 Å². The number of rotatable bonds is 5. The van der Waals surface area contributed by atoms with Gasteiger partial charge in [-0.2, -0.15) is 27.1 Å². The number of benzene rings is 1. The van der Waals surface area contributed by atoms with Crippen molar-refractivity contribution in [2.45, 2.75) is 62.6 Å². The Balaban J connectivity index is 1.78. The molecule has 1 aromatic carbocycles. The first-order chi connectivity index (χ1) is 13.9. The molecule has 30 heavy (non-hydrogen) atoms. The molecule has 4 N–H and O–H groups in total. The summed E-state index contributed by atoms with van der Waals surface area (Å²) in [4.78, 5) is 0.508. The Hall–Kier alpha value is -0.880. The van der Waals surface area contributed by atoms with Crippen molar-refractivity contribution in [2.75, 3.05) is 0 Å². The van der Waals surface area contributed by atoms with Crippen LogP contribution in [0.3, 0.4) is 0 Å². The summed E-state index contributed by atoms with van der Waals surface area (Å²) in [6.07, 6.45) is 7.06. The van der Waals surface area contributed by atoms with E-state index < -0.39 is 20.6 Å². The average Bonchev–Trinajstić information content (AvgIpc) is 2.95. The second-order valence-electron chi connectivity index (χ2n) is 8.85. The van der Waals surface area contributed by atoms with Gasteiger partial charge in [-0.05, 0) is 73.3 Å². The van der Waals surface area contributed by atoms with Gasteiger partial charge in [0.15, 0.2) is 5.75 Å². The molecule has 3 aliphatic carbocycles. The first-order valence-electron chi connectivity index (χ1n) is 10.2. The highest BCUT2D eigenvalue weighted by Gasteiger charge is 2.54. The lowest BCUT2D eigenvalue weighted by Crippen LogP contribution is -2.41. The molecule has 0 saturated heterocycles. The zero-order valence-electron chi connectivity index (χ0n) is 16.7. The molecule has 0 bridgehead atoms. The molecule has 0 unspecified atom stereocenters. The summed E-state index contributed by atoms with van der Waals surface area (Å²) >= 11 is 3.84. The van der Waals surface area contributed by atoms with Crippen LogP contribution in [-0.2, 0) is 27.0 Å². The first-order valence-corrected chi connectivity index (χ1v) is 14.0. The van der Waals surface area contributed by atoms with Gasteiger partial charge in [0.2, 0.25) is 0 Å². The highest BCUT2D eigenvalue weighted by atomic mass is 79.9. The van der Waals surface area contributed by atoms with Crippen molar-refractivity contribution >= 4 is 36.5 Å². The molecule has 2 fully saturated rings. The lowest BCUT2D eigenvalue weighted by atomic mass is 9.54. The maximum absolute atomic E-state index is 11.7. The lowest BCUT2D eigenvalue weighted by Gasteiger charge is -2.50. The summed E-state index contributed by atoms with van der Waals surface area (Å²) in [7, 11) is -8.55. The highest BCUT2D eigenvalue weighted by molar-refractivity contribution is 9.09. The minimum atomic E-state index is -4.30. The first kappa shape index (κ1) is 22.3. The molecule has 0 spiro atoms. The number of alkyl halides is 1. The van der Waals surface area contributed by atoms with Crippen LogP contribution in [0.2, 0.25) is 0 Å². The molecule has 0 aromatic heterocycles. The number of nitrogens with two attached hydrogens (primary N) is 2. The number of fused-ring (bicyclic) bond motifs is 5. The van der Waals surface area contributed by atoms with E-state index in [1.54, 1.807) is 6.07 Å². The molecule has 3 aliphatic rings. The Morgan fingerprint density at radius 1 is 1.13 bits per heavy atom. The molecule has 0 heterocycles.